The molecule has 0 saturated heterocycles. The summed E-state index contributed by atoms with van der Waals surface area (Å²) in [6, 6.07) is 31.5. The number of aromatic nitrogens is 5. The van der Waals surface area contributed by atoms with E-state index in [2.05, 4.69) is 17.0 Å². The van der Waals surface area contributed by atoms with Gasteiger partial charge in [0.15, 0.2) is 5.82 Å². The van der Waals surface area contributed by atoms with Crippen LogP contribution in [-0.4, -0.2) is 31.0 Å². The van der Waals surface area contributed by atoms with E-state index in [1.165, 1.54) is 28.0 Å². The fraction of sp³-hybridized carbons (Fsp3) is 0.128. The second-order valence-corrected chi connectivity index (χ2v) is 12.3. The molecule has 0 amide bonds. The van der Waals surface area contributed by atoms with Gasteiger partial charge in [-0.3, -0.25) is 4.79 Å². The maximum absolute atomic E-state index is 13.5. The second-order valence-electron chi connectivity index (χ2n) is 11.3. The summed E-state index contributed by atoms with van der Waals surface area (Å²) >= 11 is 1.27. The van der Waals surface area contributed by atoms with Crippen molar-refractivity contribution in [3.63, 3.8) is 0 Å². The molecule has 3 heterocycles. The molecule has 3 aromatic heterocycles. The third kappa shape index (κ3) is 7.50. The molecule has 0 aliphatic heterocycles. The van der Waals surface area contributed by atoms with Crippen LogP contribution in [0.1, 0.15) is 42.3 Å². The zero-order valence-corrected chi connectivity index (χ0v) is 27.5. The van der Waals surface area contributed by atoms with Crippen LogP contribution >= 0.6 is 11.3 Å². The summed E-state index contributed by atoms with van der Waals surface area (Å²) in [7, 11) is 0. The van der Waals surface area contributed by atoms with Crippen molar-refractivity contribution in [2.24, 2.45) is 0 Å². The molecular formula is C39H32FN5O3S. The molecule has 0 unspecified atom stereocenters. The number of unbranched alkanes of at least 4 members (excludes halogenated alkanes) is 1. The second kappa shape index (κ2) is 14.5. The van der Waals surface area contributed by atoms with Crippen LogP contribution in [0, 0.1) is 5.82 Å². The van der Waals surface area contributed by atoms with E-state index < -0.39 is 0 Å². The van der Waals surface area contributed by atoms with E-state index in [-0.39, 0.29) is 11.4 Å². The van der Waals surface area contributed by atoms with E-state index >= 15 is 0 Å². The number of thiazole rings is 1. The van der Waals surface area contributed by atoms with Gasteiger partial charge in [-0.2, -0.15) is 14.6 Å². The Morgan fingerprint density at radius 2 is 1.67 bits per heavy atom. The summed E-state index contributed by atoms with van der Waals surface area (Å²) in [5, 5.41) is 9.38. The van der Waals surface area contributed by atoms with E-state index in [1.807, 2.05) is 97.2 Å². The van der Waals surface area contributed by atoms with Gasteiger partial charge in [0.05, 0.1) is 16.8 Å². The fourth-order valence-corrected chi connectivity index (χ4v) is 6.06. The minimum absolute atomic E-state index is 0.254. The normalized spacial score (nSPS) is 11.9. The zero-order valence-electron chi connectivity index (χ0n) is 26.7. The van der Waals surface area contributed by atoms with Gasteiger partial charge >= 0.3 is 0 Å². The number of fused-ring (bicyclic) bond motifs is 1. The monoisotopic (exact) mass is 669 g/mol. The van der Waals surface area contributed by atoms with Gasteiger partial charge in [-0.05, 0) is 78.2 Å². The van der Waals surface area contributed by atoms with Gasteiger partial charge in [0, 0.05) is 17.3 Å². The van der Waals surface area contributed by atoms with E-state index in [0.717, 1.165) is 46.5 Å². The average Bonchev–Trinajstić information content (AvgIpc) is 3.82. The molecule has 7 rings (SSSR count). The number of hydrogen-bond acceptors (Lipinski definition) is 7. The fourth-order valence-electron chi connectivity index (χ4n) is 5.15. The molecule has 0 bridgehead atoms. The van der Waals surface area contributed by atoms with Gasteiger partial charge in [-0.15, -0.1) is 5.10 Å². The van der Waals surface area contributed by atoms with Crippen molar-refractivity contribution in [3.8, 4) is 28.4 Å². The Morgan fingerprint density at radius 3 is 2.45 bits per heavy atom. The molecular weight excluding hydrogens is 638 g/mol. The van der Waals surface area contributed by atoms with Crippen LogP contribution in [0.25, 0.3) is 40.1 Å². The molecule has 10 heteroatoms. The summed E-state index contributed by atoms with van der Waals surface area (Å²) in [6.45, 7) is 3.13. The predicted molar refractivity (Wildman–Crippen MR) is 191 cm³/mol. The first kappa shape index (κ1) is 31.7. The molecule has 0 saturated carbocycles. The maximum Gasteiger partial charge on any atom is 0.291 e. The predicted octanol–water partition coefficient (Wildman–Crippen LogP) is 7.62. The third-order valence-corrected chi connectivity index (χ3v) is 8.71. The van der Waals surface area contributed by atoms with Crippen molar-refractivity contribution in [1.82, 2.24) is 24.4 Å². The van der Waals surface area contributed by atoms with Crippen molar-refractivity contribution in [1.29, 1.82) is 0 Å². The number of nitrogens with zero attached hydrogens (tertiary/aromatic N) is 5. The van der Waals surface area contributed by atoms with Crippen LogP contribution in [0.2, 0.25) is 0 Å². The molecule has 49 heavy (non-hydrogen) atoms. The summed E-state index contributed by atoms with van der Waals surface area (Å²) in [6.07, 6.45) is 9.55. The molecule has 0 N–H and O–H groups in total. The molecule has 0 atom stereocenters. The number of benzene rings is 4. The Hall–Kier alpha value is -5.87. The highest BCUT2D eigenvalue weighted by Gasteiger charge is 2.15. The first-order valence-corrected chi connectivity index (χ1v) is 16.8. The van der Waals surface area contributed by atoms with E-state index in [4.69, 9.17) is 14.6 Å². The molecule has 8 nitrogen and oxygen atoms in total. The first-order chi connectivity index (χ1) is 24.0. The Labute approximate surface area is 286 Å². The minimum Gasteiger partial charge on any atom is -0.494 e. The van der Waals surface area contributed by atoms with Crippen molar-refractivity contribution < 1.29 is 13.9 Å². The number of hydrogen-bond donors (Lipinski definition) is 0. The van der Waals surface area contributed by atoms with Gasteiger partial charge in [0.1, 0.15) is 29.6 Å². The molecule has 0 aliphatic carbocycles. The molecule has 7 aromatic rings. The number of halogens is 1. The summed E-state index contributed by atoms with van der Waals surface area (Å²) in [4.78, 5) is 18.6. The quantitative estimate of drug-likeness (QED) is 0.125. The molecule has 0 radical (unpaired) electrons. The zero-order chi connectivity index (χ0) is 33.6. The largest absolute Gasteiger partial charge is 0.494 e. The van der Waals surface area contributed by atoms with Crippen LogP contribution in [0.15, 0.2) is 114 Å². The van der Waals surface area contributed by atoms with Gasteiger partial charge in [-0.1, -0.05) is 85.4 Å². The standard InChI is InChI=1S/C39H32FN5O3S/c1-2-3-22-47-33-19-14-27(15-20-33)16-21-36-41-39-45(42-36)38(46)35(49-39)24-30-25-44(32-9-5-4-6-10-32)43-37(30)29-8-7-11-34(23-29)48-26-28-12-17-31(40)18-13-28/h4-21,23-25H,2-3,22,26H2,1H3/b21-16+,35-24-. The minimum atomic E-state index is -0.289. The molecule has 0 aliphatic rings. The third-order valence-electron chi connectivity index (χ3n) is 7.75. The van der Waals surface area contributed by atoms with Crippen LogP contribution in [-0.2, 0) is 6.61 Å². The SMILES string of the molecule is CCCCOc1ccc(/C=C/c2nc3s/c(=C\c4cn(-c5ccccc5)nc4-c4cccc(OCc5ccc(F)cc5)c4)c(=O)n3n2)cc1. The number of ether oxygens (including phenoxy) is 2. The van der Waals surface area contributed by atoms with Crippen molar-refractivity contribution in [2.75, 3.05) is 6.61 Å². The lowest BCUT2D eigenvalue weighted by Gasteiger charge is -2.08. The highest BCUT2D eigenvalue weighted by atomic mass is 32.1. The van der Waals surface area contributed by atoms with Crippen LogP contribution in [0.4, 0.5) is 4.39 Å². The lowest BCUT2D eigenvalue weighted by atomic mass is 10.1. The topological polar surface area (TPSA) is 83.5 Å². The smallest absolute Gasteiger partial charge is 0.291 e. The molecule has 4 aromatic carbocycles. The van der Waals surface area contributed by atoms with Gasteiger partial charge in [0.25, 0.3) is 5.56 Å². The Morgan fingerprint density at radius 1 is 0.857 bits per heavy atom. The highest BCUT2D eigenvalue weighted by molar-refractivity contribution is 7.15. The highest BCUT2D eigenvalue weighted by Crippen LogP contribution is 2.28. The van der Waals surface area contributed by atoms with Gasteiger partial charge in [-0.25, -0.2) is 9.07 Å². The molecule has 0 spiro atoms. The summed E-state index contributed by atoms with van der Waals surface area (Å²) in [5.74, 6) is 1.64. The van der Waals surface area contributed by atoms with E-state index in [9.17, 15) is 9.18 Å². The summed E-state index contributed by atoms with van der Waals surface area (Å²) < 4.78 is 28.7. The lowest BCUT2D eigenvalue weighted by Crippen LogP contribution is -2.23. The summed E-state index contributed by atoms with van der Waals surface area (Å²) in [5.41, 5.74) is 4.71. The number of para-hydroxylation sites is 1. The van der Waals surface area contributed by atoms with Gasteiger partial charge < -0.3 is 9.47 Å². The Balaban J connectivity index is 1.17. The molecule has 244 valence electrons. The van der Waals surface area contributed by atoms with E-state index in [0.29, 0.717) is 40.0 Å². The number of rotatable bonds is 12. The van der Waals surface area contributed by atoms with Crippen molar-refractivity contribution in [3.05, 3.63) is 153 Å². The van der Waals surface area contributed by atoms with Gasteiger partial charge in [0.2, 0.25) is 4.96 Å². The van der Waals surface area contributed by atoms with Crippen LogP contribution in [0.3, 0.4) is 0 Å². The van der Waals surface area contributed by atoms with Crippen molar-refractivity contribution >= 4 is 34.5 Å². The molecule has 0 fully saturated rings. The first-order valence-electron chi connectivity index (χ1n) is 16.0. The Kier molecular flexibility index (Phi) is 9.38. The van der Waals surface area contributed by atoms with Crippen molar-refractivity contribution in [2.45, 2.75) is 26.4 Å². The Bertz CT molecular complexity index is 2330. The average molecular weight is 670 g/mol. The maximum atomic E-state index is 13.5. The van der Waals surface area contributed by atoms with Crippen LogP contribution in [0.5, 0.6) is 11.5 Å². The lowest BCUT2D eigenvalue weighted by molar-refractivity contribution is 0.306. The van der Waals surface area contributed by atoms with E-state index in [1.54, 1.807) is 22.9 Å². The van der Waals surface area contributed by atoms with Crippen LogP contribution < -0.4 is 19.6 Å².